The van der Waals surface area contributed by atoms with Crippen LogP contribution in [0.2, 0.25) is 0 Å². The first kappa shape index (κ1) is 19.0. The van der Waals surface area contributed by atoms with Crippen LogP contribution in [0.1, 0.15) is 18.1 Å². The van der Waals surface area contributed by atoms with Crippen LogP contribution in [0.4, 0.5) is 5.69 Å². The number of hydrogen-bond donors (Lipinski definition) is 2. The van der Waals surface area contributed by atoms with Crippen molar-refractivity contribution >= 4 is 11.6 Å². The number of ether oxygens (including phenoxy) is 2. The van der Waals surface area contributed by atoms with Crippen molar-refractivity contribution in [1.82, 2.24) is 5.32 Å². The molecule has 0 saturated heterocycles. The molecule has 2 aromatic rings. The van der Waals surface area contributed by atoms with E-state index in [4.69, 9.17) is 9.47 Å². The highest BCUT2D eigenvalue weighted by atomic mass is 16.7. The molecule has 3 rings (SSSR count). The van der Waals surface area contributed by atoms with E-state index in [1.165, 1.54) is 16.2 Å². The van der Waals surface area contributed by atoms with Gasteiger partial charge in [-0.2, -0.15) is 0 Å². The minimum absolute atomic E-state index is 0.0504. The smallest absolute Gasteiger partial charge is 0.275 e. The maximum absolute atomic E-state index is 12.4. The number of amides is 1. The maximum Gasteiger partial charge on any atom is 0.275 e. The second kappa shape index (κ2) is 8.77. The molecule has 0 fully saturated rings. The first-order chi connectivity index (χ1) is 13.0. The summed E-state index contributed by atoms with van der Waals surface area (Å²) in [6.45, 7) is 5.04. The molecule has 1 amide bonds. The van der Waals surface area contributed by atoms with Crippen molar-refractivity contribution in [2.24, 2.45) is 0 Å². The number of carbonyl (C=O) groups excluding carboxylic acids is 1. The first-order valence-electron chi connectivity index (χ1n) is 9.30. The van der Waals surface area contributed by atoms with E-state index < -0.39 is 0 Å². The van der Waals surface area contributed by atoms with Gasteiger partial charge in [0.25, 0.3) is 5.91 Å². The van der Waals surface area contributed by atoms with Crippen molar-refractivity contribution in [3.63, 3.8) is 0 Å². The number of hydrogen-bond acceptors (Lipinski definition) is 4. The van der Waals surface area contributed by atoms with E-state index in [-0.39, 0.29) is 12.7 Å². The summed E-state index contributed by atoms with van der Waals surface area (Å²) in [6, 6.07) is 14.2. The van der Waals surface area contributed by atoms with Crippen LogP contribution in [0, 0.1) is 0 Å². The minimum atomic E-state index is 0.0504. The van der Waals surface area contributed by atoms with Crippen LogP contribution >= 0.6 is 0 Å². The number of nitrogens with one attached hydrogen (secondary N) is 2. The Bertz CT molecular complexity index is 775. The molecule has 0 saturated carbocycles. The molecule has 0 bridgehead atoms. The van der Waals surface area contributed by atoms with E-state index in [1.807, 2.05) is 32.3 Å². The Morgan fingerprint density at radius 2 is 1.78 bits per heavy atom. The summed E-state index contributed by atoms with van der Waals surface area (Å²) < 4.78 is 10.7. The van der Waals surface area contributed by atoms with E-state index in [1.54, 1.807) is 0 Å². The molecule has 144 valence electrons. The second-order valence-electron chi connectivity index (χ2n) is 6.98. The Kier molecular flexibility index (Phi) is 6.19. The van der Waals surface area contributed by atoms with Crippen molar-refractivity contribution in [3.8, 4) is 11.5 Å². The Hall–Kier alpha value is -2.73. The number of benzene rings is 2. The van der Waals surface area contributed by atoms with Gasteiger partial charge in [0.1, 0.15) is 6.54 Å². The van der Waals surface area contributed by atoms with Crippen molar-refractivity contribution in [1.29, 1.82) is 0 Å². The predicted molar refractivity (Wildman–Crippen MR) is 105 cm³/mol. The van der Waals surface area contributed by atoms with Gasteiger partial charge in [0, 0.05) is 31.9 Å². The van der Waals surface area contributed by atoms with Crippen LogP contribution in [0.5, 0.6) is 11.5 Å². The lowest BCUT2D eigenvalue weighted by Gasteiger charge is -2.18. The van der Waals surface area contributed by atoms with E-state index in [9.17, 15) is 4.79 Å². The Balaban J connectivity index is 1.49. The van der Waals surface area contributed by atoms with E-state index in [0.717, 1.165) is 30.2 Å². The number of quaternary nitrogens is 1. The van der Waals surface area contributed by atoms with Crippen LogP contribution in [0.15, 0.2) is 42.5 Å². The van der Waals surface area contributed by atoms with Gasteiger partial charge < -0.3 is 24.6 Å². The third-order valence-electron chi connectivity index (χ3n) is 4.74. The second-order valence-corrected chi connectivity index (χ2v) is 6.98. The van der Waals surface area contributed by atoms with Gasteiger partial charge >= 0.3 is 0 Å². The van der Waals surface area contributed by atoms with Crippen LogP contribution in [-0.4, -0.2) is 39.9 Å². The third kappa shape index (κ3) is 5.14. The Morgan fingerprint density at radius 1 is 1.07 bits per heavy atom. The molecule has 0 aromatic heterocycles. The number of likely N-dealkylation sites (N-methyl/N-ethyl adjacent to an activating group) is 1. The van der Waals surface area contributed by atoms with Crippen molar-refractivity contribution in [2.45, 2.75) is 20.0 Å². The van der Waals surface area contributed by atoms with Crippen LogP contribution in [-0.2, 0) is 17.9 Å². The van der Waals surface area contributed by atoms with Gasteiger partial charge in [0.2, 0.25) is 6.79 Å². The van der Waals surface area contributed by atoms with Gasteiger partial charge in [-0.1, -0.05) is 18.2 Å². The first-order valence-corrected chi connectivity index (χ1v) is 9.30. The summed E-state index contributed by atoms with van der Waals surface area (Å²) in [5.74, 6) is 1.55. The molecule has 2 N–H and O–H groups in total. The predicted octanol–water partition coefficient (Wildman–Crippen LogP) is 1.20. The highest BCUT2D eigenvalue weighted by molar-refractivity contribution is 5.76. The fourth-order valence-corrected chi connectivity index (χ4v) is 3.05. The van der Waals surface area contributed by atoms with E-state index in [0.29, 0.717) is 13.1 Å². The van der Waals surface area contributed by atoms with Gasteiger partial charge in [0.05, 0.1) is 6.54 Å². The standard InChI is InChI=1S/C21H27N3O3/c1-4-24(13-16-5-8-18(9-6-16)23(2)3)14-21(25)22-12-17-7-10-19-20(11-17)27-15-26-19/h5-11H,4,12-15H2,1-3H3,(H,22,25)/p+1. The molecule has 1 unspecified atom stereocenters. The Morgan fingerprint density at radius 3 is 2.48 bits per heavy atom. The molecular weight excluding hydrogens is 342 g/mol. The minimum Gasteiger partial charge on any atom is -0.454 e. The van der Waals surface area contributed by atoms with Crippen LogP contribution in [0.3, 0.4) is 0 Å². The van der Waals surface area contributed by atoms with E-state index >= 15 is 0 Å². The topological polar surface area (TPSA) is 55.2 Å². The van der Waals surface area contributed by atoms with Gasteiger partial charge in [-0.3, -0.25) is 4.79 Å². The number of rotatable bonds is 8. The number of carbonyl (C=O) groups is 1. The molecule has 1 aliphatic heterocycles. The zero-order valence-corrected chi connectivity index (χ0v) is 16.2. The average Bonchev–Trinajstić information content (AvgIpc) is 3.14. The highest BCUT2D eigenvalue weighted by Crippen LogP contribution is 2.32. The quantitative estimate of drug-likeness (QED) is 0.733. The number of nitrogens with zero attached hydrogens (tertiary/aromatic N) is 1. The molecule has 1 heterocycles. The lowest BCUT2D eigenvalue weighted by molar-refractivity contribution is -0.904. The molecule has 6 heteroatoms. The summed E-state index contributed by atoms with van der Waals surface area (Å²) in [5.41, 5.74) is 3.42. The van der Waals surface area contributed by atoms with Gasteiger partial charge in [0.15, 0.2) is 18.0 Å². The number of fused-ring (bicyclic) bond motifs is 1. The van der Waals surface area contributed by atoms with Crippen molar-refractivity contribution in [3.05, 3.63) is 53.6 Å². The molecule has 0 aliphatic carbocycles. The SMILES string of the molecule is CC[NH+](CC(=O)NCc1ccc2c(c1)OCO2)Cc1ccc(N(C)C)cc1. The molecule has 0 spiro atoms. The maximum atomic E-state index is 12.4. The molecule has 1 aliphatic rings. The molecule has 2 aromatic carbocycles. The zero-order chi connectivity index (χ0) is 19.2. The zero-order valence-electron chi connectivity index (χ0n) is 16.2. The van der Waals surface area contributed by atoms with Crippen LogP contribution < -0.4 is 24.6 Å². The molecule has 1 atom stereocenters. The highest BCUT2D eigenvalue weighted by Gasteiger charge is 2.15. The summed E-state index contributed by atoms with van der Waals surface area (Å²) in [4.78, 5) is 15.7. The van der Waals surface area contributed by atoms with Gasteiger partial charge in [-0.25, -0.2) is 0 Å². The lowest BCUT2D eigenvalue weighted by atomic mass is 10.2. The van der Waals surface area contributed by atoms with Gasteiger partial charge in [-0.05, 0) is 36.8 Å². The lowest BCUT2D eigenvalue weighted by Crippen LogP contribution is -3.11. The summed E-state index contributed by atoms with van der Waals surface area (Å²) in [6.07, 6.45) is 0. The molecule has 27 heavy (non-hydrogen) atoms. The molecule has 6 nitrogen and oxygen atoms in total. The van der Waals surface area contributed by atoms with Crippen molar-refractivity contribution in [2.75, 3.05) is 38.9 Å². The summed E-state index contributed by atoms with van der Waals surface area (Å²) in [5, 5.41) is 3.00. The van der Waals surface area contributed by atoms with Crippen LogP contribution in [0.25, 0.3) is 0 Å². The molecular formula is C21H28N3O3+. The summed E-state index contributed by atoms with van der Waals surface area (Å²) >= 11 is 0. The molecule has 0 radical (unpaired) electrons. The fourth-order valence-electron chi connectivity index (χ4n) is 3.05. The largest absolute Gasteiger partial charge is 0.454 e. The van der Waals surface area contributed by atoms with Gasteiger partial charge in [-0.15, -0.1) is 0 Å². The average molecular weight is 370 g/mol. The fraction of sp³-hybridized carbons (Fsp3) is 0.381. The van der Waals surface area contributed by atoms with E-state index in [2.05, 4.69) is 41.4 Å². The third-order valence-corrected chi connectivity index (χ3v) is 4.74. The Labute approximate surface area is 160 Å². The normalized spacial score (nSPS) is 13.3. The van der Waals surface area contributed by atoms with Crippen molar-refractivity contribution < 1.29 is 19.2 Å². The monoisotopic (exact) mass is 370 g/mol. The summed E-state index contributed by atoms with van der Waals surface area (Å²) in [7, 11) is 4.06. The number of anilines is 1.